The summed E-state index contributed by atoms with van der Waals surface area (Å²) in [6.07, 6.45) is -0.541. The number of nitrogens with one attached hydrogen (secondary N) is 1. The van der Waals surface area contributed by atoms with Gasteiger partial charge in [-0.05, 0) is 42.8 Å². The minimum Gasteiger partial charge on any atom is -0.484 e. The highest BCUT2D eigenvalue weighted by molar-refractivity contribution is 5.85. The van der Waals surface area contributed by atoms with Crippen LogP contribution in [0, 0.1) is 12.7 Å². The fourth-order valence-electron chi connectivity index (χ4n) is 2.20. The van der Waals surface area contributed by atoms with Gasteiger partial charge >= 0.3 is 6.09 Å². The highest BCUT2D eigenvalue weighted by Gasteiger charge is 2.11. The number of aryl methyl sites for hydroxylation is 1. The fraction of sp³-hybridized carbons (Fsp3) is 0.176. The van der Waals surface area contributed by atoms with Crippen LogP contribution in [0.4, 0.5) is 14.9 Å². The number of methoxy groups -OCH3 is 1. The minimum absolute atomic E-state index is 0.0668. The number of fused-ring (bicyclic) bond motifs is 1. The van der Waals surface area contributed by atoms with Crippen molar-refractivity contribution in [2.45, 2.75) is 13.5 Å². The van der Waals surface area contributed by atoms with Crippen molar-refractivity contribution in [1.29, 1.82) is 0 Å². The molecule has 0 spiro atoms. The first-order valence-electron chi connectivity index (χ1n) is 7.19. The number of oxazole rings is 1. The van der Waals surface area contributed by atoms with Gasteiger partial charge in [0.05, 0.1) is 7.11 Å². The van der Waals surface area contributed by atoms with Crippen LogP contribution in [0.1, 0.15) is 11.5 Å². The van der Waals surface area contributed by atoms with E-state index < -0.39 is 11.9 Å². The number of carbonyl (C=O) groups excluding carboxylic acids is 1. The molecule has 1 heterocycles. The molecular formula is C17H15FN2O4. The average Bonchev–Trinajstić information content (AvgIpc) is 2.99. The number of hydrogen-bond donors (Lipinski definition) is 1. The number of ether oxygens (including phenoxy) is 2. The zero-order valence-corrected chi connectivity index (χ0v) is 13.1. The predicted octanol–water partition coefficient (Wildman–Crippen LogP) is 4.03. The summed E-state index contributed by atoms with van der Waals surface area (Å²) in [6.45, 7) is 1.89. The summed E-state index contributed by atoms with van der Waals surface area (Å²) < 4.78 is 29.1. The van der Waals surface area contributed by atoms with Crippen LogP contribution in [-0.4, -0.2) is 18.2 Å². The van der Waals surface area contributed by atoms with Crippen molar-refractivity contribution in [2.75, 3.05) is 12.4 Å². The van der Waals surface area contributed by atoms with Crippen LogP contribution < -0.4 is 10.1 Å². The van der Waals surface area contributed by atoms with Gasteiger partial charge in [-0.15, -0.1) is 0 Å². The van der Waals surface area contributed by atoms with Crippen molar-refractivity contribution in [3.05, 3.63) is 53.7 Å². The molecule has 24 heavy (non-hydrogen) atoms. The van der Waals surface area contributed by atoms with Gasteiger partial charge in [0, 0.05) is 5.69 Å². The molecule has 0 saturated carbocycles. The monoisotopic (exact) mass is 330 g/mol. The van der Waals surface area contributed by atoms with Crippen LogP contribution >= 0.6 is 0 Å². The SMILES string of the molecule is COC(=O)Nc1ccc(OCc2nc3cccc(F)c3o2)cc1C. The third kappa shape index (κ3) is 3.29. The number of amides is 1. The molecule has 3 aromatic rings. The maximum Gasteiger partial charge on any atom is 0.411 e. The first-order chi connectivity index (χ1) is 11.6. The van der Waals surface area contributed by atoms with Crippen molar-refractivity contribution in [3.63, 3.8) is 0 Å². The van der Waals surface area contributed by atoms with E-state index >= 15 is 0 Å². The number of carbonyl (C=O) groups is 1. The Hall–Kier alpha value is -3.09. The second kappa shape index (κ2) is 6.57. The number of aromatic nitrogens is 1. The Kier molecular flexibility index (Phi) is 4.33. The van der Waals surface area contributed by atoms with Gasteiger partial charge in [-0.3, -0.25) is 5.32 Å². The summed E-state index contributed by atoms with van der Waals surface area (Å²) in [7, 11) is 1.30. The molecule has 2 aromatic carbocycles. The zero-order chi connectivity index (χ0) is 17.1. The topological polar surface area (TPSA) is 73.6 Å². The molecule has 1 amide bonds. The first-order valence-corrected chi connectivity index (χ1v) is 7.19. The molecule has 1 N–H and O–H groups in total. The molecule has 3 rings (SSSR count). The summed E-state index contributed by atoms with van der Waals surface area (Å²) in [5, 5.41) is 2.60. The predicted molar refractivity (Wildman–Crippen MR) is 85.5 cm³/mol. The second-order valence-electron chi connectivity index (χ2n) is 5.08. The van der Waals surface area contributed by atoms with E-state index in [0.29, 0.717) is 17.0 Å². The Morgan fingerprint density at radius 1 is 1.33 bits per heavy atom. The zero-order valence-electron chi connectivity index (χ0n) is 13.1. The summed E-state index contributed by atoms with van der Waals surface area (Å²) >= 11 is 0. The van der Waals surface area contributed by atoms with Gasteiger partial charge in [-0.25, -0.2) is 14.2 Å². The molecule has 7 heteroatoms. The van der Waals surface area contributed by atoms with Gasteiger partial charge in [0.1, 0.15) is 11.3 Å². The minimum atomic E-state index is -0.541. The molecule has 0 fully saturated rings. The van der Waals surface area contributed by atoms with E-state index in [1.54, 1.807) is 30.3 Å². The number of nitrogens with zero attached hydrogens (tertiary/aromatic N) is 1. The molecule has 0 aliphatic rings. The van der Waals surface area contributed by atoms with Crippen molar-refractivity contribution in [3.8, 4) is 5.75 Å². The van der Waals surface area contributed by atoms with Crippen LogP contribution in [0.15, 0.2) is 40.8 Å². The molecule has 124 valence electrons. The molecule has 1 aromatic heterocycles. The average molecular weight is 330 g/mol. The largest absolute Gasteiger partial charge is 0.484 e. The number of anilines is 1. The normalized spacial score (nSPS) is 10.6. The lowest BCUT2D eigenvalue weighted by Gasteiger charge is -2.09. The van der Waals surface area contributed by atoms with Crippen LogP contribution in [0.3, 0.4) is 0 Å². The van der Waals surface area contributed by atoms with Gasteiger partial charge in [0.15, 0.2) is 18.0 Å². The summed E-state index contributed by atoms with van der Waals surface area (Å²) in [5.74, 6) is 0.399. The summed E-state index contributed by atoms with van der Waals surface area (Å²) in [4.78, 5) is 15.4. The molecule has 0 aliphatic heterocycles. The Balaban J connectivity index is 1.70. The third-order valence-corrected chi connectivity index (χ3v) is 3.39. The molecule has 0 radical (unpaired) electrons. The van der Waals surface area contributed by atoms with E-state index in [4.69, 9.17) is 9.15 Å². The smallest absolute Gasteiger partial charge is 0.411 e. The van der Waals surface area contributed by atoms with E-state index in [2.05, 4.69) is 15.0 Å². The molecule has 6 nitrogen and oxygen atoms in total. The van der Waals surface area contributed by atoms with Gasteiger partial charge in [-0.2, -0.15) is 0 Å². The van der Waals surface area contributed by atoms with Gasteiger partial charge < -0.3 is 13.9 Å². The van der Waals surface area contributed by atoms with Crippen LogP contribution in [0.5, 0.6) is 5.75 Å². The van der Waals surface area contributed by atoms with E-state index in [9.17, 15) is 9.18 Å². The van der Waals surface area contributed by atoms with Crippen molar-refractivity contribution in [2.24, 2.45) is 0 Å². The number of hydrogen-bond acceptors (Lipinski definition) is 5. The number of benzene rings is 2. The standard InChI is InChI=1S/C17H15FN2O4/c1-10-8-11(6-7-13(10)20-17(21)22-2)23-9-15-19-14-5-3-4-12(18)16(14)24-15/h3-8H,9H2,1-2H3,(H,20,21). The highest BCUT2D eigenvalue weighted by atomic mass is 19.1. The fourth-order valence-corrected chi connectivity index (χ4v) is 2.20. The molecule has 0 aliphatic carbocycles. The summed E-state index contributed by atoms with van der Waals surface area (Å²) in [6, 6.07) is 9.71. The number of para-hydroxylation sites is 1. The number of halogens is 1. The van der Waals surface area contributed by atoms with Crippen LogP contribution in [0.2, 0.25) is 0 Å². The molecule has 0 unspecified atom stereocenters. The molecule has 0 atom stereocenters. The second-order valence-corrected chi connectivity index (χ2v) is 5.08. The molecule has 0 saturated heterocycles. The molecule has 0 bridgehead atoms. The van der Waals surface area contributed by atoms with Crippen LogP contribution in [-0.2, 0) is 11.3 Å². The van der Waals surface area contributed by atoms with Crippen molar-refractivity contribution in [1.82, 2.24) is 4.98 Å². The van der Waals surface area contributed by atoms with E-state index in [-0.39, 0.29) is 18.1 Å². The van der Waals surface area contributed by atoms with Gasteiger partial charge in [-0.1, -0.05) is 6.07 Å². The quantitative estimate of drug-likeness (QED) is 0.782. The summed E-state index contributed by atoms with van der Waals surface area (Å²) in [5.41, 5.74) is 1.99. The first kappa shape index (κ1) is 15.8. The van der Waals surface area contributed by atoms with E-state index in [1.807, 2.05) is 6.92 Å². The van der Waals surface area contributed by atoms with Gasteiger partial charge in [0.2, 0.25) is 5.89 Å². The van der Waals surface area contributed by atoms with E-state index in [0.717, 1.165) is 5.56 Å². The Bertz CT molecular complexity index is 891. The highest BCUT2D eigenvalue weighted by Crippen LogP contribution is 2.23. The van der Waals surface area contributed by atoms with Crippen molar-refractivity contribution < 1.29 is 23.1 Å². The maximum atomic E-state index is 13.6. The Labute approximate surface area is 137 Å². The third-order valence-electron chi connectivity index (χ3n) is 3.39. The van der Waals surface area contributed by atoms with Crippen molar-refractivity contribution >= 4 is 22.9 Å². The lowest BCUT2D eigenvalue weighted by Crippen LogP contribution is -2.11. The van der Waals surface area contributed by atoms with Crippen LogP contribution in [0.25, 0.3) is 11.1 Å². The molecular weight excluding hydrogens is 315 g/mol. The van der Waals surface area contributed by atoms with Gasteiger partial charge in [0.25, 0.3) is 0 Å². The Morgan fingerprint density at radius 2 is 2.17 bits per heavy atom. The number of rotatable bonds is 4. The maximum absolute atomic E-state index is 13.6. The lowest BCUT2D eigenvalue weighted by atomic mass is 10.2. The van der Waals surface area contributed by atoms with E-state index in [1.165, 1.54) is 13.2 Å². The Morgan fingerprint density at radius 3 is 2.88 bits per heavy atom. The lowest BCUT2D eigenvalue weighted by molar-refractivity contribution is 0.187.